The van der Waals surface area contributed by atoms with Crippen molar-refractivity contribution in [3.63, 3.8) is 0 Å². The van der Waals surface area contributed by atoms with Gasteiger partial charge in [-0.1, -0.05) is 44.2 Å². The maximum Gasteiger partial charge on any atom is 0.296 e. The second kappa shape index (κ2) is 6.76. The Morgan fingerprint density at radius 2 is 1.96 bits per heavy atom. The van der Waals surface area contributed by atoms with Crippen LogP contribution in [0.3, 0.4) is 0 Å². The molecule has 2 heterocycles. The highest BCUT2D eigenvalue weighted by Gasteiger charge is 2.27. The fourth-order valence-electron chi connectivity index (χ4n) is 3.37. The maximum atomic E-state index is 12.5. The topological polar surface area (TPSA) is 71.4 Å². The first-order valence-electron chi connectivity index (χ1n) is 8.92. The molecule has 0 saturated carbocycles. The van der Waals surface area contributed by atoms with E-state index in [0.29, 0.717) is 11.4 Å². The molecule has 0 radical (unpaired) electrons. The summed E-state index contributed by atoms with van der Waals surface area (Å²) in [4.78, 5) is 33.0. The van der Waals surface area contributed by atoms with Crippen LogP contribution in [0.2, 0.25) is 0 Å². The molecule has 27 heavy (non-hydrogen) atoms. The highest BCUT2D eigenvalue weighted by Crippen LogP contribution is 2.31. The average Bonchev–Trinajstić information content (AvgIpc) is 2.66. The quantitative estimate of drug-likeness (QED) is 0.893. The van der Waals surface area contributed by atoms with Gasteiger partial charge in [-0.25, -0.2) is 9.98 Å². The molecule has 1 N–H and O–H groups in total. The third kappa shape index (κ3) is 3.36. The molecule has 2 aromatic rings. The first kappa shape index (κ1) is 17.1. The van der Waals surface area contributed by atoms with Crippen molar-refractivity contribution in [3.8, 4) is 0 Å². The fraction of sp³-hybridized carbons (Fsp3) is 0.182. The van der Waals surface area contributed by atoms with E-state index < -0.39 is 5.91 Å². The molecule has 1 aromatic carbocycles. The first-order chi connectivity index (χ1) is 13.0. The zero-order valence-electron chi connectivity index (χ0n) is 15.1. The number of allylic oxidation sites excluding steroid dienone is 3. The van der Waals surface area contributed by atoms with Gasteiger partial charge < -0.3 is 5.32 Å². The number of carbonyl (C=O) groups excluding carboxylic acids is 2. The van der Waals surface area contributed by atoms with Crippen LogP contribution in [-0.4, -0.2) is 22.5 Å². The van der Waals surface area contributed by atoms with E-state index in [1.165, 1.54) is 0 Å². The third-order valence-corrected chi connectivity index (χ3v) is 4.74. The number of benzene rings is 1. The normalized spacial score (nSPS) is 20.3. The van der Waals surface area contributed by atoms with E-state index in [-0.39, 0.29) is 17.7 Å². The number of pyridine rings is 1. The minimum absolute atomic E-state index is 0.0237. The lowest BCUT2D eigenvalue weighted by Gasteiger charge is -2.29. The third-order valence-electron chi connectivity index (χ3n) is 4.74. The van der Waals surface area contributed by atoms with Crippen LogP contribution >= 0.6 is 0 Å². The Hall–Kier alpha value is -3.34. The molecule has 2 amide bonds. The Morgan fingerprint density at radius 1 is 1.15 bits per heavy atom. The standard InChI is InChI=1S/C22H19N3O2/c1-13(2)17-12-21(26)25-20-11-15(8-9-16(17)20)23-22(27)19-10-7-14-5-3-4-6-18(14)24-19/h3-13,16H,1-2H3,(H,25,26). The van der Waals surface area contributed by atoms with Crippen molar-refractivity contribution < 1.29 is 9.59 Å². The molecule has 1 unspecified atom stereocenters. The number of hydrogen-bond donors (Lipinski definition) is 1. The number of carbonyl (C=O) groups is 2. The number of aliphatic imine (C=N–C) groups is 1. The zero-order valence-corrected chi connectivity index (χ0v) is 15.1. The van der Waals surface area contributed by atoms with E-state index in [0.717, 1.165) is 22.2 Å². The van der Waals surface area contributed by atoms with E-state index in [1.54, 1.807) is 18.2 Å². The molecule has 5 nitrogen and oxygen atoms in total. The first-order valence-corrected chi connectivity index (χ1v) is 8.92. The van der Waals surface area contributed by atoms with Crippen molar-refractivity contribution in [2.75, 3.05) is 0 Å². The van der Waals surface area contributed by atoms with Gasteiger partial charge in [-0.15, -0.1) is 0 Å². The summed E-state index contributed by atoms with van der Waals surface area (Å²) in [5.41, 5.74) is 3.37. The molecule has 1 atom stereocenters. The highest BCUT2D eigenvalue weighted by molar-refractivity contribution is 6.14. The van der Waals surface area contributed by atoms with Gasteiger partial charge in [0.25, 0.3) is 5.91 Å². The second-order valence-electron chi connectivity index (χ2n) is 6.96. The van der Waals surface area contributed by atoms with Crippen LogP contribution in [0, 0.1) is 11.8 Å². The van der Waals surface area contributed by atoms with E-state index in [4.69, 9.17) is 0 Å². The number of para-hydroxylation sites is 1. The number of amides is 2. The van der Waals surface area contributed by atoms with Gasteiger partial charge in [-0.05, 0) is 35.8 Å². The molecule has 1 aliphatic heterocycles. The van der Waals surface area contributed by atoms with Crippen LogP contribution < -0.4 is 5.32 Å². The van der Waals surface area contributed by atoms with Gasteiger partial charge in [0.05, 0.1) is 11.2 Å². The summed E-state index contributed by atoms with van der Waals surface area (Å²) < 4.78 is 0. The predicted octanol–water partition coefficient (Wildman–Crippen LogP) is 3.60. The van der Waals surface area contributed by atoms with Crippen molar-refractivity contribution in [2.45, 2.75) is 13.8 Å². The zero-order chi connectivity index (χ0) is 19.0. The summed E-state index contributed by atoms with van der Waals surface area (Å²) in [6.45, 7) is 4.13. The van der Waals surface area contributed by atoms with Crippen LogP contribution in [0.25, 0.3) is 10.9 Å². The molecule has 2 aliphatic rings. The minimum atomic E-state index is -0.405. The van der Waals surface area contributed by atoms with E-state index >= 15 is 0 Å². The van der Waals surface area contributed by atoms with Crippen LogP contribution in [0.5, 0.6) is 0 Å². The number of hydrogen-bond acceptors (Lipinski definition) is 3. The lowest BCUT2D eigenvalue weighted by atomic mass is 9.82. The van der Waals surface area contributed by atoms with Crippen molar-refractivity contribution in [3.05, 3.63) is 77.7 Å². The van der Waals surface area contributed by atoms with Crippen LogP contribution in [0.1, 0.15) is 24.3 Å². The Balaban J connectivity index is 1.63. The monoisotopic (exact) mass is 357 g/mol. The summed E-state index contributed by atoms with van der Waals surface area (Å²) in [5.74, 6) is -0.262. The SMILES string of the molecule is CC(C)C1=CC(=O)NC2=CC(=NC(=O)c3ccc4ccccc4n3)C=CC21. The molecule has 5 heteroatoms. The summed E-state index contributed by atoms with van der Waals surface area (Å²) in [6.07, 6.45) is 7.21. The number of aromatic nitrogens is 1. The lowest BCUT2D eigenvalue weighted by Crippen LogP contribution is -2.34. The van der Waals surface area contributed by atoms with Gasteiger partial charge in [-0.3, -0.25) is 9.59 Å². The van der Waals surface area contributed by atoms with Gasteiger partial charge in [0.1, 0.15) is 5.69 Å². The number of fused-ring (bicyclic) bond motifs is 2. The molecule has 0 bridgehead atoms. The summed E-state index contributed by atoms with van der Waals surface area (Å²) >= 11 is 0. The van der Waals surface area contributed by atoms with Crippen LogP contribution in [0.15, 0.2) is 77.0 Å². The second-order valence-corrected chi connectivity index (χ2v) is 6.96. The predicted molar refractivity (Wildman–Crippen MR) is 105 cm³/mol. The molecule has 1 aliphatic carbocycles. The number of rotatable bonds is 2. The largest absolute Gasteiger partial charge is 0.325 e. The van der Waals surface area contributed by atoms with Crippen LogP contribution in [-0.2, 0) is 4.79 Å². The van der Waals surface area contributed by atoms with E-state index in [2.05, 4.69) is 29.1 Å². The van der Waals surface area contributed by atoms with E-state index in [1.807, 2.05) is 42.5 Å². The summed E-state index contributed by atoms with van der Waals surface area (Å²) in [7, 11) is 0. The van der Waals surface area contributed by atoms with Gasteiger partial charge in [-0.2, -0.15) is 0 Å². The molecule has 134 valence electrons. The van der Waals surface area contributed by atoms with Crippen molar-refractivity contribution >= 4 is 28.4 Å². The molecule has 0 spiro atoms. The smallest absolute Gasteiger partial charge is 0.296 e. The molecule has 0 fully saturated rings. The molecule has 0 saturated heterocycles. The molecular formula is C22H19N3O2. The summed E-state index contributed by atoms with van der Waals surface area (Å²) in [5, 5.41) is 3.83. The number of nitrogens with zero attached hydrogens (tertiary/aromatic N) is 2. The molecular weight excluding hydrogens is 338 g/mol. The van der Waals surface area contributed by atoms with E-state index in [9.17, 15) is 9.59 Å². The van der Waals surface area contributed by atoms with Crippen molar-refractivity contribution in [1.82, 2.24) is 10.3 Å². The average molecular weight is 357 g/mol. The van der Waals surface area contributed by atoms with Crippen molar-refractivity contribution in [2.24, 2.45) is 16.8 Å². The van der Waals surface area contributed by atoms with Gasteiger partial charge in [0.15, 0.2) is 0 Å². The number of nitrogens with one attached hydrogen (secondary N) is 1. The lowest BCUT2D eigenvalue weighted by molar-refractivity contribution is -0.116. The Bertz CT molecular complexity index is 1070. The Labute approximate surface area is 157 Å². The molecule has 4 rings (SSSR count). The van der Waals surface area contributed by atoms with Gasteiger partial charge >= 0.3 is 0 Å². The van der Waals surface area contributed by atoms with Crippen molar-refractivity contribution in [1.29, 1.82) is 0 Å². The fourth-order valence-corrected chi connectivity index (χ4v) is 3.37. The van der Waals surface area contributed by atoms with Crippen LogP contribution in [0.4, 0.5) is 0 Å². The maximum absolute atomic E-state index is 12.5. The summed E-state index contributed by atoms with van der Waals surface area (Å²) in [6, 6.07) is 11.2. The Morgan fingerprint density at radius 3 is 2.78 bits per heavy atom. The van der Waals surface area contributed by atoms with Gasteiger partial charge in [0.2, 0.25) is 5.91 Å². The minimum Gasteiger partial charge on any atom is -0.325 e. The van der Waals surface area contributed by atoms with Gasteiger partial charge in [0, 0.05) is 23.1 Å². The highest BCUT2D eigenvalue weighted by atomic mass is 16.2. The molecule has 1 aromatic heterocycles. The Kier molecular flexibility index (Phi) is 4.28.